The number of aromatic amines is 2. The Bertz CT molecular complexity index is 1700. The average molecular weight is 779 g/mol. The first-order chi connectivity index (χ1) is 25.9. The fraction of sp³-hybridized carbons (Fsp3) is 0.426. The van der Waals surface area contributed by atoms with Crippen molar-refractivity contribution in [3.8, 4) is 0 Å². The van der Waals surface area contributed by atoms with E-state index in [9.17, 15) is 0 Å². The number of aromatic nitrogens is 8. The summed E-state index contributed by atoms with van der Waals surface area (Å²) in [6.07, 6.45) is 9.11. The molecular formula is C47H70N8S. The van der Waals surface area contributed by atoms with Crippen LogP contribution in [0.3, 0.4) is 0 Å². The van der Waals surface area contributed by atoms with Crippen LogP contribution in [0.2, 0.25) is 0 Å². The molecule has 56 heavy (non-hydrogen) atoms. The Morgan fingerprint density at radius 3 is 1.43 bits per heavy atom. The van der Waals surface area contributed by atoms with Crippen molar-refractivity contribution in [3.05, 3.63) is 122 Å². The molecule has 0 fully saturated rings. The zero-order chi connectivity index (χ0) is 42.4. The van der Waals surface area contributed by atoms with E-state index in [-0.39, 0.29) is 0 Å². The molecular weight excluding hydrogens is 709 g/mol. The summed E-state index contributed by atoms with van der Waals surface area (Å²) in [5, 5.41) is 7.91. The fourth-order valence-electron chi connectivity index (χ4n) is 3.35. The molecule has 8 aromatic rings. The quantitative estimate of drug-likeness (QED) is 0.160. The predicted octanol–water partition coefficient (Wildman–Crippen LogP) is 14.4. The highest BCUT2D eigenvalue weighted by Gasteiger charge is 1.97. The van der Waals surface area contributed by atoms with Crippen LogP contribution in [-0.4, -0.2) is 38.3 Å². The third kappa shape index (κ3) is 28.5. The van der Waals surface area contributed by atoms with Gasteiger partial charge in [0.1, 0.15) is 11.0 Å². The second-order valence-corrected chi connectivity index (χ2v) is 20.1. The Morgan fingerprint density at radius 2 is 0.946 bits per heavy atom. The summed E-state index contributed by atoms with van der Waals surface area (Å²) < 4.78 is 10.1. The molecule has 5 heterocycles. The van der Waals surface area contributed by atoms with E-state index in [1.165, 1.54) is 11.7 Å². The highest BCUT2D eigenvalue weighted by Crippen LogP contribution is 2.11. The van der Waals surface area contributed by atoms with E-state index in [0.29, 0.717) is 21.7 Å². The third-order valence-electron chi connectivity index (χ3n) is 5.16. The van der Waals surface area contributed by atoms with Gasteiger partial charge >= 0.3 is 0 Å². The lowest BCUT2D eigenvalue weighted by molar-refractivity contribution is 0.469. The van der Waals surface area contributed by atoms with E-state index in [1.54, 1.807) is 12.7 Å². The molecule has 0 aliphatic heterocycles. The molecule has 8 rings (SSSR count). The number of benzene rings is 3. The normalized spacial score (nSPS) is 10.9. The number of pyridine rings is 1. The number of imidazole rings is 2. The van der Waals surface area contributed by atoms with Crippen molar-refractivity contribution in [3.63, 3.8) is 0 Å². The van der Waals surface area contributed by atoms with Crippen LogP contribution in [0.1, 0.15) is 111 Å². The van der Waals surface area contributed by atoms with Gasteiger partial charge in [-0.15, -0.1) is 0 Å². The fourth-order valence-corrected chi connectivity index (χ4v) is 3.88. The Labute approximate surface area is 342 Å². The molecule has 0 atom stereocenters. The van der Waals surface area contributed by atoms with E-state index in [4.69, 9.17) is 0 Å². The van der Waals surface area contributed by atoms with Crippen molar-refractivity contribution in [2.75, 3.05) is 0 Å². The molecule has 8 nitrogen and oxygen atoms in total. The molecule has 0 aliphatic carbocycles. The SMILES string of the molecule is CC(C)(C)C.CC(C)(C)C.CC(C)(C)C.CC(C)(C)C.c1ccc2[nH]cnc2c1.c1ccc2[nH]ncc2c1.c1ccc2nsnc2c1.c1ccn2cncc2c1. The van der Waals surface area contributed by atoms with Crippen molar-refractivity contribution in [1.82, 2.24) is 38.3 Å². The van der Waals surface area contributed by atoms with Crippen LogP contribution in [0.25, 0.3) is 38.5 Å². The van der Waals surface area contributed by atoms with Crippen molar-refractivity contribution in [2.24, 2.45) is 21.7 Å². The van der Waals surface area contributed by atoms with E-state index >= 15 is 0 Å². The largest absolute Gasteiger partial charge is 0.345 e. The summed E-state index contributed by atoms with van der Waals surface area (Å²) in [6, 6.07) is 29.8. The van der Waals surface area contributed by atoms with E-state index in [2.05, 4.69) is 145 Å². The van der Waals surface area contributed by atoms with Gasteiger partial charge in [-0.2, -0.15) is 13.8 Å². The first-order valence-corrected chi connectivity index (χ1v) is 19.9. The van der Waals surface area contributed by atoms with Gasteiger partial charge in [-0.3, -0.25) is 5.10 Å². The lowest BCUT2D eigenvalue weighted by Gasteiger charge is -2.05. The van der Waals surface area contributed by atoms with Gasteiger partial charge < -0.3 is 9.38 Å². The summed E-state index contributed by atoms with van der Waals surface area (Å²) in [6.45, 7) is 35.0. The maximum Gasteiger partial charge on any atom is 0.104 e. The number of hydrogen-bond acceptors (Lipinski definition) is 6. The molecule has 0 radical (unpaired) electrons. The summed E-state index contributed by atoms with van der Waals surface area (Å²) >= 11 is 1.25. The molecule has 0 saturated carbocycles. The number of fused-ring (bicyclic) bond motifs is 4. The first-order valence-electron chi connectivity index (χ1n) is 19.2. The monoisotopic (exact) mass is 779 g/mol. The second kappa shape index (κ2) is 23.9. The van der Waals surface area contributed by atoms with Gasteiger partial charge in [-0.25, -0.2) is 9.97 Å². The van der Waals surface area contributed by atoms with Gasteiger partial charge in [-0.05, 0) is 64.1 Å². The van der Waals surface area contributed by atoms with Crippen LogP contribution in [-0.2, 0) is 0 Å². The van der Waals surface area contributed by atoms with Gasteiger partial charge in [0.25, 0.3) is 0 Å². The Kier molecular flexibility index (Phi) is 21.0. The van der Waals surface area contributed by atoms with Crippen molar-refractivity contribution >= 4 is 50.2 Å². The Morgan fingerprint density at radius 1 is 0.500 bits per heavy atom. The molecule has 0 saturated heterocycles. The molecule has 0 bridgehead atoms. The summed E-state index contributed by atoms with van der Waals surface area (Å²) in [5.74, 6) is 0. The molecule has 9 heteroatoms. The number of H-pyrrole nitrogens is 2. The minimum atomic E-state index is 0.500. The lowest BCUT2D eigenvalue weighted by atomic mass is 10.0. The van der Waals surface area contributed by atoms with E-state index < -0.39 is 0 Å². The van der Waals surface area contributed by atoms with Crippen LogP contribution in [0, 0.1) is 21.7 Å². The van der Waals surface area contributed by atoms with Crippen molar-refractivity contribution in [1.29, 1.82) is 0 Å². The van der Waals surface area contributed by atoms with E-state index in [1.807, 2.05) is 114 Å². The smallest absolute Gasteiger partial charge is 0.104 e. The summed E-state index contributed by atoms with van der Waals surface area (Å²) in [5.41, 5.74) is 8.33. The zero-order valence-corrected chi connectivity index (χ0v) is 38.0. The van der Waals surface area contributed by atoms with Gasteiger partial charge in [0.2, 0.25) is 0 Å². The molecule has 2 N–H and O–H groups in total. The molecule has 0 unspecified atom stereocenters. The zero-order valence-electron chi connectivity index (χ0n) is 37.1. The van der Waals surface area contributed by atoms with E-state index in [0.717, 1.165) is 38.5 Å². The lowest BCUT2D eigenvalue weighted by Crippen LogP contribution is -1.93. The first kappa shape index (κ1) is 49.1. The maximum absolute atomic E-state index is 4.06. The maximum atomic E-state index is 4.06. The topological polar surface area (TPSA) is 100 Å². The standard InChI is InChI=1S/3C7H6N2.C6H4N2S.4C5H12/c1-2-4-9-6-8-5-7(9)3-1;1-2-4-7-6(3-1)8-5-9-7;1-2-4-7-6(3-1)5-8-9-7;1-2-4-6-5(3-1)7-9-8-6;4*1-5(2,3)4/h1-6H;2*1-5H,(H,8,9);1-4H;4*1-4H3. The Hall–Kier alpha value is -4.89. The van der Waals surface area contributed by atoms with Crippen molar-refractivity contribution in [2.45, 2.75) is 111 Å². The third-order valence-corrected chi connectivity index (χ3v) is 5.71. The van der Waals surface area contributed by atoms with Crippen LogP contribution < -0.4 is 0 Å². The molecule has 5 aromatic heterocycles. The van der Waals surface area contributed by atoms with Gasteiger partial charge in [0.15, 0.2) is 0 Å². The molecule has 0 aliphatic rings. The predicted molar refractivity (Wildman–Crippen MR) is 245 cm³/mol. The number of nitrogens with one attached hydrogen (secondary N) is 2. The van der Waals surface area contributed by atoms with Gasteiger partial charge in [-0.1, -0.05) is 159 Å². The van der Waals surface area contributed by atoms with Gasteiger partial charge in [0, 0.05) is 11.6 Å². The molecule has 0 spiro atoms. The van der Waals surface area contributed by atoms with Gasteiger partial charge in [0.05, 0.1) is 58.8 Å². The molecule has 304 valence electrons. The minimum Gasteiger partial charge on any atom is -0.345 e. The van der Waals surface area contributed by atoms with Crippen LogP contribution in [0.5, 0.6) is 0 Å². The number of rotatable bonds is 0. The Balaban J connectivity index is 0.000000326. The summed E-state index contributed by atoms with van der Waals surface area (Å²) in [7, 11) is 0. The van der Waals surface area contributed by atoms with Crippen LogP contribution in [0.4, 0.5) is 0 Å². The molecule has 3 aromatic carbocycles. The highest BCUT2D eigenvalue weighted by atomic mass is 32.1. The summed E-state index contributed by atoms with van der Waals surface area (Å²) in [4.78, 5) is 11.0. The molecule has 0 amide bonds. The minimum absolute atomic E-state index is 0.500. The average Bonchev–Trinajstić information content (AvgIpc) is 3.89. The van der Waals surface area contributed by atoms with Crippen molar-refractivity contribution < 1.29 is 0 Å². The number of nitrogens with zero attached hydrogens (tertiary/aromatic N) is 6. The van der Waals surface area contributed by atoms with Crippen LogP contribution in [0.15, 0.2) is 122 Å². The number of para-hydroxylation sites is 3. The highest BCUT2D eigenvalue weighted by molar-refractivity contribution is 7.00. The second-order valence-electron chi connectivity index (χ2n) is 19.6. The number of hydrogen-bond donors (Lipinski definition) is 2. The van der Waals surface area contributed by atoms with Crippen LogP contribution >= 0.6 is 11.7 Å².